The summed E-state index contributed by atoms with van der Waals surface area (Å²) in [5.41, 5.74) is 3.85. The van der Waals surface area contributed by atoms with Gasteiger partial charge in [-0.3, -0.25) is 4.79 Å². The van der Waals surface area contributed by atoms with Gasteiger partial charge >= 0.3 is 5.63 Å². The van der Waals surface area contributed by atoms with Crippen LogP contribution in [-0.4, -0.2) is 30.0 Å². The fourth-order valence-electron chi connectivity index (χ4n) is 4.18. The van der Waals surface area contributed by atoms with Crippen molar-refractivity contribution in [3.63, 3.8) is 0 Å². The fourth-order valence-corrected chi connectivity index (χ4v) is 4.82. The molecule has 0 saturated heterocycles. The SMILES string of the molecule is C#Cc1nc(C2=C(C)C(NC(=O)c3cc4ccc(N(CC)CC)cc4oc3=O)CC2)cs1. The molecule has 164 valence electrons. The van der Waals surface area contributed by atoms with Gasteiger partial charge in [-0.2, -0.15) is 0 Å². The quantitative estimate of drug-likeness (QED) is 0.447. The number of fused-ring (bicyclic) bond motifs is 1. The van der Waals surface area contributed by atoms with Crippen LogP contribution in [-0.2, 0) is 0 Å². The number of benzene rings is 1. The average molecular weight is 448 g/mol. The first-order valence-electron chi connectivity index (χ1n) is 10.7. The summed E-state index contributed by atoms with van der Waals surface area (Å²) in [6.45, 7) is 7.84. The normalized spacial score (nSPS) is 15.8. The van der Waals surface area contributed by atoms with Gasteiger partial charge in [0.15, 0.2) is 5.01 Å². The molecule has 0 radical (unpaired) electrons. The Labute approximate surface area is 191 Å². The number of nitrogens with zero attached hydrogens (tertiary/aromatic N) is 2. The summed E-state index contributed by atoms with van der Waals surface area (Å²) in [6.07, 6.45) is 6.98. The molecular formula is C25H25N3O3S. The molecule has 1 N–H and O–H groups in total. The number of terminal acetylenes is 1. The highest BCUT2D eigenvalue weighted by atomic mass is 32.1. The minimum Gasteiger partial charge on any atom is -0.422 e. The van der Waals surface area contributed by atoms with E-state index in [1.54, 1.807) is 6.07 Å². The van der Waals surface area contributed by atoms with E-state index in [4.69, 9.17) is 10.8 Å². The third-order valence-electron chi connectivity index (χ3n) is 6.02. The Bertz CT molecular complexity index is 1310. The summed E-state index contributed by atoms with van der Waals surface area (Å²) in [5.74, 6) is 2.13. The standard InChI is InChI=1S/C25H25N3O3S/c1-5-23-26-21(14-32-23)18-10-11-20(15(18)4)27-24(29)19-12-16-8-9-17(28(6-2)7-3)13-22(16)31-25(19)30/h1,8-9,12-14,20H,6-7,10-11H2,2-4H3,(H,27,29). The zero-order valence-corrected chi connectivity index (χ0v) is 19.2. The molecule has 1 aliphatic rings. The molecular weight excluding hydrogens is 422 g/mol. The Hall–Kier alpha value is -3.37. The second-order valence-electron chi connectivity index (χ2n) is 7.75. The second kappa shape index (κ2) is 9.01. The maximum Gasteiger partial charge on any atom is 0.349 e. The zero-order chi connectivity index (χ0) is 22.8. The second-order valence-corrected chi connectivity index (χ2v) is 8.61. The van der Waals surface area contributed by atoms with Crippen molar-refractivity contribution in [3.05, 3.63) is 61.9 Å². The molecule has 6 nitrogen and oxygen atoms in total. The molecule has 3 aromatic rings. The molecule has 2 heterocycles. The lowest BCUT2D eigenvalue weighted by molar-refractivity contribution is 0.0939. The van der Waals surface area contributed by atoms with E-state index in [-0.39, 0.29) is 11.6 Å². The molecule has 7 heteroatoms. The predicted molar refractivity (Wildman–Crippen MR) is 129 cm³/mol. The molecule has 0 saturated carbocycles. The number of anilines is 1. The van der Waals surface area contributed by atoms with Crippen LogP contribution in [0.15, 0.2) is 44.4 Å². The number of hydrogen-bond donors (Lipinski definition) is 1. The number of carbonyl (C=O) groups excluding carboxylic acids is 1. The van der Waals surface area contributed by atoms with E-state index in [0.717, 1.165) is 48.5 Å². The van der Waals surface area contributed by atoms with Gasteiger partial charge < -0.3 is 14.6 Å². The zero-order valence-electron chi connectivity index (χ0n) is 18.4. The molecule has 0 bridgehead atoms. The van der Waals surface area contributed by atoms with E-state index < -0.39 is 11.5 Å². The van der Waals surface area contributed by atoms with Gasteiger partial charge in [0.2, 0.25) is 0 Å². The van der Waals surface area contributed by atoms with Crippen molar-refractivity contribution in [2.75, 3.05) is 18.0 Å². The van der Waals surface area contributed by atoms with Gasteiger partial charge in [0.1, 0.15) is 11.1 Å². The van der Waals surface area contributed by atoms with Gasteiger partial charge in [-0.1, -0.05) is 0 Å². The molecule has 0 fully saturated rings. The summed E-state index contributed by atoms with van der Waals surface area (Å²) in [5, 5.41) is 6.30. The summed E-state index contributed by atoms with van der Waals surface area (Å²) >= 11 is 1.43. The summed E-state index contributed by atoms with van der Waals surface area (Å²) < 4.78 is 5.51. The lowest BCUT2D eigenvalue weighted by Gasteiger charge is -2.21. The smallest absolute Gasteiger partial charge is 0.349 e. The van der Waals surface area contributed by atoms with Gasteiger partial charge in [-0.25, -0.2) is 9.78 Å². The van der Waals surface area contributed by atoms with E-state index >= 15 is 0 Å². The highest BCUT2D eigenvalue weighted by Crippen LogP contribution is 2.34. The molecule has 1 atom stereocenters. The van der Waals surface area contributed by atoms with Crippen LogP contribution in [0.3, 0.4) is 0 Å². The number of hydrogen-bond acceptors (Lipinski definition) is 6. The van der Waals surface area contributed by atoms with Crippen LogP contribution in [0.5, 0.6) is 0 Å². The molecule has 2 aromatic heterocycles. The van der Waals surface area contributed by atoms with Gasteiger partial charge in [-0.15, -0.1) is 17.8 Å². The lowest BCUT2D eigenvalue weighted by atomic mass is 10.1. The maximum atomic E-state index is 12.9. The lowest BCUT2D eigenvalue weighted by Crippen LogP contribution is -2.36. The number of amides is 1. The van der Waals surface area contributed by atoms with E-state index in [1.165, 1.54) is 11.3 Å². The first-order valence-corrected chi connectivity index (χ1v) is 11.6. The number of thiazole rings is 1. The number of nitrogens with one attached hydrogen (secondary N) is 1. The van der Waals surface area contributed by atoms with Crippen molar-refractivity contribution in [1.82, 2.24) is 10.3 Å². The first kappa shape index (κ1) is 21.8. The van der Waals surface area contributed by atoms with E-state index in [1.807, 2.05) is 30.5 Å². The van der Waals surface area contributed by atoms with Crippen molar-refractivity contribution < 1.29 is 9.21 Å². The Morgan fingerprint density at radius 2 is 2.12 bits per heavy atom. The third kappa shape index (κ3) is 4.06. The number of rotatable bonds is 6. The Morgan fingerprint density at radius 3 is 2.81 bits per heavy atom. The van der Waals surface area contributed by atoms with Gasteiger partial charge in [0.05, 0.1) is 11.7 Å². The summed E-state index contributed by atoms with van der Waals surface area (Å²) in [7, 11) is 0. The van der Waals surface area contributed by atoms with Gasteiger partial charge in [0.25, 0.3) is 5.91 Å². The molecule has 1 aromatic carbocycles. The molecule has 4 rings (SSSR count). The van der Waals surface area contributed by atoms with E-state index in [9.17, 15) is 9.59 Å². The summed E-state index contributed by atoms with van der Waals surface area (Å²) in [6, 6.07) is 7.16. The minimum atomic E-state index is -0.635. The van der Waals surface area contributed by atoms with Crippen LogP contribution in [0.4, 0.5) is 5.69 Å². The first-order chi connectivity index (χ1) is 15.4. The Kier molecular flexibility index (Phi) is 6.15. The van der Waals surface area contributed by atoms with Crippen LogP contribution in [0, 0.1) is 12.3 Å². The number of aromatic nitrogens is 1. The average Bonchev–Trinajstić information content (AvgIpc) is 3.40. The highest BCUT2D eigenvalue weighted by Gasteiger charge is 2.27. The molecule has 1 aliphatic carbocycles. The van der Waals surface area contributed by atoms with Crippen LogP contribution in [0.2, 0.25) is 0 Å². The Balaban J connectivity index is 1.57. The molecule has 32 heavy (non-hydrogen) atoms. The van der Waals surface area contributed by atoms with Crippen molar-refractivity contribution in [1.29, 1.82) is 0 Å². The van der Waals surface area contributed by atoms with Crippen LogP contribution in [0.1, 0.15) is 54.7 Å². The largest absolute Gasteiger partial charge is 0.422 e. The predicted octanol–water partition coefficient (Wildman–Crippen LogP) is 4.44. The van der Waals surface area contributed by atoms with Crippen molar-refractivity contribution >= 4 is 39.5 Å². The molecule has 1 amide bonds. The number of carbonyl (C=O) groups is 1. The molecule has 0 spiro atoms. The third-order valence-corrected chi connectivity index (χ3v) is 6.79. The van der Waals surface area contributed by atoms with Crippen molar-refractivity contribution in [2.24, 2.45) is 0 Å². The molecule has 0 aliphatic heterocycles. The van der Waals surface area contributed by atoms with Crippen molar-refractivity contribution in [2.45, 2.75) is 39.7 Å². The molecule has 1 unspecified atom stereocenters. The van der Waals surface area contributed by atoms with Crippen molar-refractivity contribution in [3.8, 4) is 12.3 Å². The summed E-state index contributed by atoms with van der Waals surface area (Å²) in [4.78, 5) is 32.1. The van der Waals surface area contributed by atoms with Gasteiger partial charge in [0, 0.05) is 35.6 Å². The maximum absolute atomic E-state index is 12.9. The van der Waals surface area contributed by atoms with Crippen LogP contribution in [0.25, 0.3) is 16.5 Å². The van der Waals surface area contributed by atoms with E-state index in [2.05, 4.69) is 35.0 Å². The van der Waals surface area contributed by atoms with Crippen LogP contribution < -0.4 is 15.8 Å². The minimum absolute atomic E-state index is 0.0117. The number of allylic oxidation sites excluding steroid dienone is 1. The van der Waals surface area contributed by atoms with Crippen LogP contribution >= 0.6 is 11.3 Å². The van der Waals surface area contributed by atoms with Gasteiger partial charge in [-0.05, 0) is 68.9 Å². The monoisotopic (exact) mass is 447 g/mol. The topological polar surface area (TPSA) is 75.4 Å². The fraction of sp³-hybridized carbons (Fsp3) is 0.320. The highest BCUT2D eigenvalue weighted by molar-refractivity contribution is 7.10. The Morgan fingerprint density at radius 1 is 1.34 bits per heavy atom. The van der Waals surface area contributed by atoms with E-state index in [0.29, 0.717) is 16.0 Å².